The van der Waals surface area contributed by atoms with E-state index in [-0.39, 0.29) is 14.9 Å². The molecular formula is C10H11Cl2NO2S. The fourth-order valence-electron chi connectivity index (χ4n) is 1.06. The molecule has 0 amide bonds. The maximum Gasteiger partial charge on any atom is 0.240 e. The lowest BCUT2D eigenvalue weighted by atomic mass is 10.4. The van der Waals surface area contributed by atoms with Crippen LogP contribution in [0.15, 0.2) is 35.7 Å². The van der Waals surface area contributed by atoms with E-state index < -0.39 is 10.0 Å². The van der Waals surface area contributed by atoms with Crippen LogP contribution in [-0.2, 0) is 10.0 Å². The Morgan fingerprint density at radius 1 is 1.25 bits per heavy atom. The van der Waals surface area contributed by atoms with Gasteiger partial charge in [0.05, 0.1) is 4.90 Å². The lowest BCUT2D eigenvalue weighted by molar-refractivity contribution is 0.582. The van der Waals surface area contributed by atoms with Crippen LogP contribution in [0.5, 0.6) is 0 Å². The molecule has 0 aromatic heterocycles. The van der Waals surface area contributed by atoms with Crippen molar-refractivity contribution >= 4 is 33.2 Å². The molecule has 1 aromatic carbocycles. The minimum absolute atomic E-state index is 0.0639. The van der Waals surface area contributed by atoms with Gasteiger partial charge in [0, 0.05) is 16.6 Å². The van der Waals surface area contributed by atoms with Gasteiger partial charge in [-0.2, -0.15) is 0 Å². The number of halogens is 2. The number of hydrogen-bond acceptors (Lipinski definition) is 2. The molecule has 0 aliphatic rings. The smallest absolute Gasteiger partial charge is 0.211 e. The van der Waals surface area contributed by atoms with Crippen molar-refractivity contribution in [1.82, 2.24) is 4.72 Å². The van der Waals surface area contributed by atoms with Gasteiger partial charge in [0.2, 0.25) is 10.0 Å². The molecule has 16 heavy (non-hydrogen) atoms. The van der Waals surface area contributed by atoms with Gasteiger partial charge >= 0.3 is 0 Å². The van der Waals surface area contributed by atoms with E-state index in [4.69, 9.17) is 23.2 Å². The summed E-state index contributed by atoms with van der Waals surface area (Å²) < 4.78 is 25.9. The van der Waals surface area contributed by atoms with Gasteiger partial charge in [0.1, 0.15) is 0 Å². The highest BCUT2D eigenvalue weighted by Gasteiger charge is 2.14. The lowest BCUT2D eigenvalue weighted by Gasteiger charge is -2.06. The van der Waals surface area contributed by atoms with Crippen LogP contribution in [0.25, 0.3) is 0 Å². The maximum absolute atomic E-state index is 11.7. The first-order valence-electron chi connectivity index (χ1n) is 4.52. The van der Waals surface area contributed by atoms with Crippen LogP contribution in [0.4, 0.5) is 0 Å². The van der Waals surface area contributed by atoms with Crippen molar-refractivity contribution in [2.24, 2.45) is 0 Å². The Morgan fingerprint density at radius 3 is 2.31 bits per heavy atom. The Bertz CT molecular complexity index is 465. The third-order valence-corrected chi connectivity index (χ3v) is 3.66. The molecule has 1 rings (SSSR count). The van der Waals surface area contributed by atoms with E-state index in [0.29, 0.717) is 13.0 Å². The zero-order chi connectivity index (χ0) is 12.2. The minimum atomic E-state index is -3.54. The molecule has 88 valence electrons. The second kappa shape index (κ2) is 5.68. The number of hydrogen-bond donors (Lipinski definition) is 1. The topological polar surface area (TPSA) is 46.2 Å². The van der Waals surface area contributed by atoms with E-state index in [0.717, 1.165) is 0 Å². The largest absolute Gasteiger partial charge is 0.240 e. The summed E-state index contributed by atoms with van der Waals surface area (Å²) in [6.07, 6.45) is 2.20. The Morgan fingerprint density at radius 2 is 1.81 bits per heavy atom. The highest BCUT2D eigenvalue weighted by molar-refractivity contribution is 7.89. The summed E-state index contributed by atoms with van der Waals surface area (Å²) in [6.45, 7) is 3.81. The van der Waals surface area contributed by atoms with Crippen LogP contribution in [0, 0.1) is 0 Å². The molecule has 0 aliphatic carbocycles. The third kappa shape index (κ3) is 3.79. The number of nitrogens with one attached hydrogen (secondary N) is 1. The Kier molecular flexibility index (Phi) is 4.80. The van der Waals surface area contributed by atoms with Gasteiger partial charge in [-0.25, -0.2) is 13.1 Å². The molecule has 0 saturated carbocycles. The molecule has 0 spiro atoms. The van der Waals surface area contributed by atoms with Gasteiger partial charge in [-0.05, 0) is 24.6 Å². The zero-order valence-electron chi connectivity index (χ0n) is 8.41. The molecule has 0 radical (unpaired) electrons. The van der Waals surface area contributed by atoms with E-state index in [1.54, 1.807) is 6.08 Å². The summed E-state index contributed by atoms with van der Waals surface area (Å²) in [5, 5.41) is 0.577. The van der Waals surface area contributed by atoms with Gasteiger partial charge in [0.15, 0.2) is 0 Å². The lowest BCUT2D eigenvalue weighted by Crippen LogP contribution is -2.24. The van der Waals surface area contributed by atoms with Gasteiger partial charge < -0.3 is 0 Å². The molecule has 1 N–H and O–H groups in total. The standard InChI is InChI=1S/C10H11Cl2NO2S/c1-2-3-4-13-16(14,15)10-6-8(11)5-9(12)7-10/h2,5-7,13H,1,3-4H2. The Labute approximate surface area is 105 Å². The van der Waals surface area contributed by atoms with Crippen LogP contribution in [0.3, 0.4) is 0 Å². The normalized spacial score (nSPS) is 11.4. The van der Waals surface area contributed by atoms with Gasteiger partial charge in [-0.15, -0.1) is 6.58 Å². The molecular weight excluding hydrogens is 269 g/mol. The third-order valence-electron chi connectivity index (χ3n) is 1.79. The quantitative estimate of drug-likeness (QED) is 0.666. The van der Waals surface area contributed by atoms with Crippen LogP contribution in [0.2, 0.25) is 10.0 Å². The molecule has 0 bridgehead atoms. The number of benzene rings is 1. The summed E-state index contributed by atoms with van der Waals surface area (Å²) >= 11 is 11.4. The predicted octanol–water partition coefficient (Wildman–Crippen LogP) is 2.85. The molecule has 0 heterocycles. The molecule has 3 nitrogen and oxygen atoms in total. The van der Waals surface area contributed by atoms with Crippen molar-refractivity contribution in [1.29, 1.82) is 0 Å². The van der Waals surface area contributed by atoms with Gasteiger partial charge in [-0.3, -0.25) is 0 Å². The Hall–Kier alpha value is -0.550. The van der Waals surface area contributed by atoms with Gasteiger partial charge in [-0.1, -0.05) is 29.3 Å². The maximum atomic E-state index is 11.7. The first-order valence-corrected chi connectivity index (χ1v) is 6.76. The molecule has 6 heteroatoms. The first-order chi connectivity index (χ1) is 7.45. The SMILES string of the molecule is C=CCCNS(=O)(=O)c1cc(Cl)cc(Cl)c1. The first kappa shape index (κ1) is 13.5. The average Bonchev–Trinajstić information content (AvgIpc) is 2.16. The molecule has 0 saturated heterocycles. The molecule has 1 aromatic rings. The summed E-state index contributed by atoms with van der Waals surface area (Å²) in [5.74, 6) is 0. The highest BCUT2D eigenvalue weighted by atomic mass is 35.5. The fourth-order valence-corrected chi connectivity index (χ4v) is 2.84. The van der Waals surface area contributed by atoms with E-state index in [2.05, 4.69) is 11.3 Å². The molecule has 0 aliphatic heterocycles. The van der Waals surface area contributed by atoms with Crippen molar-refractivity contribution in [3.63, 3.8) is 0 Å². The average molecular weight is 280 g/mol. The van der Waals surface area contributed by atoms with Crippen LogP contribution >= 0.6 is 23.2 Å². The minimum Gasteiger partial charge on any atom is -0.211 e. The van der Waals surface area contributed by atoms with Crippen molar-refractivity contribution in [2.75, 3.05) is 6.54 Å². The summed E-state index contributed by atoms with van der Waals surface area (Å²) in [4.78, 5) is 0.0639. The fraction of sp³-hybridized carbons (Fsp3) is 0.200. The van der Waals surface area contributed by atoms with Crippen molar-refractivity contribution in [3.05, 3.63) is 40.9 Å². The van der Waals surface area contributed by atoms with E-state index >= 15 is 0 Å². The Balaban J connectivity index is 2.93. The molecule has 0 atom stereocenters. The molecule has 0 fully saturated rings. The second-order valence-electron chi connectivity index (χ2n) is 3.08. The zero-order valence-corrected chi connectivity index (χ0v) is 10.7. The predicted molar refractivity (Wildman–Crippen MR) is 66.5 cm³/mol. The number of sulfonamides is 1. The van der Waals surface area contributed by atoms with E-state index in [9.17, 15) is 8.42 Å². The van der Waals surface area contributed by atoms with Crippen molar-refractivity contribution in [3.8, 4) is 0 Å². The second-order valence-corrected chi connectivity index (χ2v) is 5.72. The van der Waals surface area contributed by atoms with Crippen LogP contribution < -0.4 is 4.72 Å². The molecule has 0 unspecified atom stereocenters. The highest BCUT2D eigenvalue weighted by Crippen LogP contribution is 2.22. The summed E-state index contributed by atoms with van der Waals surface area (Å²) in [5.41, 5.74) is 0. The van der Waals surface area contributed by atoms with Crippen LogP contribution in [-0.4, -0.2) is 15.0 Å². The number of rotatable bonds is 5. The van der Waals surface area contributed by atoms with E-state index in [1.165, 1.54) is 18.2 Å². The van der Waals surface area contributed by atoms with Crippen molar-refractivity contribution < 1.29 is 8.42 Å². The van der Waals surface area contributed by atoms with Crippen molar-refractivity contribution in [2.45, 2.75) is 11.3 Å². The van der Waals surface area contributed by atoms with Crippen LogP contribution in [0.1, 0.15) is 6.42 Å². The van der Waals surface area contributed by atoms with E-state index in [1.807, 2.05) is 0 Å². The summed E-state index contributed by atoms with van der Waals surface area (Å²) in [7, 11) is -3.54. The summed E-state index contributed by atoms with van der Waals surface area (Å²) in [6, 6.07) is 4.18. The van der Waals surface area contributed by atoms with Gasteiger partial charge in [0.25, 0.3) is 0 Å². The monoisotopic (exact) mass is 279 g/mol.